The number of aryl methyl sites for hydroxylation is 1. The van der Waals surface area contributed by atoms with Gasteiger partial charge in [-0.15, -0.1) is 0 Å². The molecular weight excluding hydrogens is 394 g/mol. The summed E-state index contributed by atoms with van der Waals surface area (Å²) in [7, 11) is 0. The minimum Gasteiger partial charge on any atom is -0.349 e. The monoisotopic (exact) mass is 423 g/mol. The highest BCUT2D eigenvalue weighted by Gasteiger charge is 2.43. The van der Waals surface area contributed by atoms with Gasteiger partial charge in [0.15, 0.2) is 0 Å². The summed E-state index contributed by atoms with van der Waals surface area (Å²) in [6.45, 7) is 4.39. The van der Waals surface area contributed by atoms with E-state index in [1.54, 1.807) is 17.4 Å². The average Bonchev–Trinajstić information content (AvgIpc) is 3.39. The van der Waals surface area contributed by atoms with Crippen LogP contribution in [0.15, 0.2) is 30.7 Å². The number of imidazole rings is 1. The zero-order chi connectivity index (χ0) is 22.0. The Balaban J connectivity index is 1.55. The van der Waals surface area contributed by atoms with Gasteiger partial charge in [0.05, 0.1) is 24.3 Å². The number of amides is 3. The van der Waals surface area contributed by atoms with Gasteiger partial charge in [0.2, 0.25) is 17.7 Å². The summed E-state index contributed by atoms with van der Waals surface area (Å²) >= 11 is 0. The van der Waals surface area contributed by atoms with Crippen LogP contribution in [-0.2, 0) is 33.8 Å². The molecular formula is C23H29N5O3. The van der Waals surface area contributed by atoms with Crippen LogP contribution in [0, 0.1) is 5.92 Å². The first-order valence-corrected chi connectivity index (χ1v) is 11.0. The van der Waals surface area contributed by atoms with E-state index in [0.29, 0.717) is 32.2 Å². The fraction of sp³-hybridized carbons (Fsp3) is 0.478. The summed E-state index contributed by atoms with van der Waals surface area (Å²) < 4.78 is 0. The lowest BCUT2D eigenvalue weighted by atomic mass is 10.0. The first kappa shape index (κ1) is 21.1. The van der Waals surface area contributed by atoms with Crippen LogP contribution in [0.2, 0.25) is 0 Å². The van der Waals surface area contributed by atoms with E-state index in [9.17, 15) is 14.4 Å². The number of hydrogen-bond donors (Lipinski definition) is 3. The Morgan fingerprint density at radius 2 is 2.13 bits per heavy atom. The second kappa shape index (κ2) is 8.91. The number of carbonyl (C=O) groups is 3. The first-order valence-electron chi connectivity index (χ1n) is 11.0. The summed E-state index contributed by atoms with van der Waals surface area (Å²) in [5, 5.41) is 5.84. The summed E-state index contributed by atoms with van der Waals surface area (Å²) in [5.74, 6) is -0.268. The van der Waals surface area contributed by atoms with Crippen molar-refractivity contribution in [3.63, 3.8) is 0 Å². The molecule has 4 rings (SSSR count). The maximum absolute atomic E-state index is 13.5. The molecule has 3 unspecified atom stereocenters. The molecule has 0 bridgehead atoms. The molecule has 0 saturated heterocycles. The molecule has 0 fully saturated rings. The Morgan fingerprint density at radius 3 is 2.87 bits per heavy atom. The average molecular weight is 424 g/mol. The van der Waals surface area contributed by atoms with E-state index in [0.717, 1.165) is 28.9 Å². The molecule has 0 radical (unpaired) electrons. The quantitative estimate of drug-likeness (QED) is 0.632. The highest BCUT2D eigenvalue weighted by molar-refractivity contribution is 6.07. The van der Waals surface area contributed by atoms with Crippen LogP contribution in [0.5, 0.6) is 0 Å². The summed E-state index contributed by atoms with van der Waals surface area (Å²) in [4.78, 5) is 47.6. The molecule has 8 nitrogen and oxygen atoms in total. The molecule has 3 N–H and O–H groups in total. The van der Waals surface area contributed by atoms with Crippen molar-refractivity contribution < 1.29 is 14.4 Å². The number of benzene rings is 1. The number of H-pyrrole nitrogens is 1. The Labute approximate surface area is 181 Å². The number of para-hydroxylation sites is 1. The molecule has 2 aliphatic heterocycles. The van der Waals surface area contributed by atoms with Gasteiger partial charge in [-0.2, -0.15) is 0 Å². The molecule has 2 aromatic rings. The summed E-state index contributed by atoms with van der Waals surface area (Å²) in [6.07, 6.45) is 6.20. The SMILES string of the molecule is CCC(C)CC(=O)NC1CCc2cccc3c2N(C1=O)C(C(=O)NCc1cnc[nH]1)C3. The molecule has 2 aliphatic rings. The lowest BCUT2D eigenvalue weighted by Crippen LogP contribution is -2.54. The zero-order valence-corrected chi connectivity index (χ0v) is 18.0. The first-order chi connectivity index (χ1) is 15.0. The number of rotatable bonds is 7. The number of nitrogens with zero attached hydrogens (tertiary/aromatic N) is 2. The van der Waals surface area contributed by atoms with Crippen LogP contribution >= 0.6 is 0 Å². The minimum absolute atomic E-state index is 0.113. The van der Waals surface area contributed by atoms with Crippen LogP contribution in [0.25, 0.3) is 0 Å². The Morgan fingerprint density at radius 1 is 1.32 bits per heavy atom. The van der Waals surface area contributed by atoms with Gasteiger partial charge < -0.3 is 15.6 Å². The summed E-state index contributed by atoms with van der Waals surface area (Å²) in [5.41, 5.74) is 3.68. The van der Waals surface area contributed by atoms with Crippen molar-refractivity contribution in [2.24, 2.45) is 5.92 Å². The highest BCUT2D eigenvalue weighted by Crippen LogP contribution is 2.39. The van der Waals surface area contributed by atoms with E-state index < -0.39 is 12.1 Å². The van der Waals surface area contributed by atoms with E-state index in [2.05, 4.69) is 20.6 Å². The third kappa shape index (κ3) is 4.33. The van der Waals surface area contributed by atoms with Gasteiger partial charge in [0, 0.05) is 19.0 Å². The predicted octanol–water partition coefficient (Wildman–Crippen LogP) is 1.85. The lowest BCUT2D eigenvalue weighted by Gasteiger charge is -2.28. The number of nitrogens with one attached hydrogen (secondary N) is 3. The van der Waals surface area contributed by atoms with Crippen molar-refractivity contribution in [2.45, 2.75) is 64.6 Å². The maximum Gasteiger partial charge on any atom is 0.250 e. The van der Waals surface area contributed by atoms with Gasteiger partial charge >= 0.3 is 0 Å². The molecule has 3 atom stereocenters. The molecule has 0 spiro atoms. The fourth-order valence-corrected chi connectivity index (χ4v) is 4.37. The molecule has 0 saturated carbocycles. The van der Waals surface area contributed by atoms with Gasteiger partial charge in [-0.25, -0.2) is 4.98 Å². The van der Waals surface area contributed by atoms with Gasteiger partial charge in [0.1, 0.15) is 12.1 Å². The number of aromatic amines is 1. The smallest absolute Gasteiger partial charge is 0.250 e. The van der Waals surface area contributed by atoms with E-state index in [-0.39, 0.29) is 23.6 Å². The largest absolute Gasteiger partial charge is 0.349 e. The van der Waals surface area contributed by atoms with Crippen LogP contribution in [0.4, 0.5) is 5.69 Å². The van der Waals surface area contributed by atoms with Crippen LogP contribution in [-0.4, -0.2) is 39.8 Å². The Bertz CT molecular complexity index is 972. The van der Waals surface area contributed by atoms with Crippen LogP contribution in [0.3, 0.4) is 0 Å². The molecule has 0 aliphatic carbocycles. The van der Waals surface area contributed by atoms with Gasteiger partial charge in [-0.3, -0.25) is 19.3 Å². The van der Waals surface area contributed by atoms with Gasteiger partial charge in [-0.05, 0) is 29.9 Å². The molecule has 1 aromatic heterocycles. The van der Waals surface area contributed by atoms with E-state index in [1.807, 2.05) is 32.0 Å². The molecule has 164 valence electrons. The standard InChI is InChI=1S/C23H29N5O3/c1-3-14(2)9-20(29)27-18-8-7-15-5-4-6-16-10-19(28(21(15)16)23(18)31)22(30)25-12-17-11-24-13-26-17/h4-6,11,13-14,18-19H,3,7-10,12H2,1-2H3,(H,24,26)(H,25,30)(H,27,29). The van der Waals surface area contributed by atoms with Crippen molar-refractivity contribution in [1.29, 1.82) is 0 Å². The van der Waals surface area contributed by atoms with E-state index in [1.165, 1.54) is 0 Å². The Hall–Kier alpha value is -3.16. The van der Waals surface area contributed by atoms with Crippen molar-refractivity contribution in [1.82, 2.24) is 20.6 Å². The topological polar surface area (TPSA) is 107 Å². The number of hydrogen-bond acceptors (Lipinski definition) is 4. The summed E-state index contributed by atoms with van der Waals surface area (Å²) in [6, 6.07) is 4.71. The minimum atomic E-state index is -0.627. The Kier molecular flexibility index (Phi) is 6.06. The van der Waals surface area contributed by atoms with E-state index in [4.69, 9.17) is 0 Å². The second-order valence-electron chi connectivity index (χ2n) is 8.52. The third-order valence-corrected chi connectivity index (χ3v) is 6.28. The van der Waals surface area contributed by atoms with Crippen molar-refractivity contribution in [3.05, 3.63) is 47.5 Å². The van der Waals surface area contributed by atoms with Gasteiger partial charge in [-0.1, -0.05) is 38.5 Å². The molecule has 1 aromatic carbocycles. The van der Waals surface area contributed by atoms with Crippen molar-refractivity contribution in [3.8, 4) is 0 Å². The maximum atomic E-state index is 13.5. The normalized spacial score (nSPS) is 20.7. The second-order valence-corrected chi connectivity index (χ2v) is 8.52. The molecule has 3 heterocycles. The highest BCUT2D eigenvalue weighted by atomic mass is 16.2. The van der Waals surface area contributed by atoms with E-state index >= 15 is 0 Å². The molecule has 8 heteroatoms. The third-order valence-electron chi connectivity index (χ3n) is 6.28. The number of carbonyl (C=O) groups excluding carboxylic acids is 3. The zero-order valence-electron chi connectivity index (χ0n) is 18.0. The van der Waals surface area contributed by atoms with Crippen LogP contribution in [0.1, 0.15) is 49.9 Å². The lowest BCUT2D eigenvalue weighted by molar-refractivity contribution is -0.129. The van der Waals surface area contributed by atoms with Crippen molar-refractivity contribution in [2.75, 3.05) is 4.90 Å². The molecule has 31 heavy (non-hydrogen) atoms. The number of aromatic nitrogens is 2. The van der Waals surface area contributed by atoms with Gasteiger partial charge in [0.25, 0.3) is 0 Å². The van der Waals surface area contributed by atoms with Crippen molar-refractivity contribution >= 4 is 23.4 Å². The predicted molar refractivity (Wildman–Crippen MR) is 116 cm³/mol. The molecule has 3 amide bonds. The number of anilines is 1. The fourth-order valence-electron chi connectivity index (χ4n) is 4.37. The van der Waals surface area contributed by atoms with Crippen LogP contribution < -0.4 is 15.5 Å².